The van der Waals surface area contributed by atoms with Crippen LogP contribution in [0.5, 0.6) is 0 Å². The van der Waals surface area contributed by atoms with Gasteiger partial charge in [-0.3, -0.25) is 4.79 Å². The molecule has 1 fully saturated rings. The van der Waals surface area contributed by atoms with E-state index in [-0.39, 0.29) is 17.6 Å². The van der Waals surface area contributed by atoms with E-state index >= 15 is 0 Å². The number of carbonyl (C=O) groups is 2. The Morgan fingerprint density at radius 2 is 2.05 bits per heavy atom. The van der Waals surface area contributed by atoms with Crippen LogP contribution in [0.25, 0.3) is 0 Å². The van der Waals surface area contributed by atoms with E-state index in [9.17, 15) is 9.59 Å². The molecule has 2 rings (SSSR count). The van der Waals surface area contributed by atoms with Crippen molar-refractivity contribution in [1.29, 1.82) is 0 Å². The Labute approximate surface area is 120 Å². The summed E-state index contributed by atoms with van der Waals surface area (Å²) < 4.78 is 0. The third-order valence-corrected chi connectivity index (χ3v) is 3.57. The maximum Gasteiger partial charge on any atom is 0.323 e. The van der Waals surface area contributed by atoms with Crippen molar-refractivity contribution in [1.82, 2.24) is 4.90 Å². The zero-order chi connectivity index (χ0) is 14.0. The van der Waals surface area contributed by atoms with Crippen LogP contribution in [0.2, 0.25) is 10.0 Å². The molecule has 0 spiro atoms. The highest BCUT2D eigenvalue weighted by molar-refractivity contribution is 6.43. The molecular formula is C12H12Cl2N2O3. The Morgan fingerprint density at radius 1 is 1.37 bits per heavy atom. The fourth-order valence-corrected chi connectivity index (χ4v) is 2.03. The molecule has 1 aromatic rings. The lowest BCUT2D eigenvalue weighted by Crippen LogP contribution is -2.40. The van der Waals surface area contributed by atoms with E-state index in [1.165, 1.54) is 4.90 Å². The summed E-state index contributed by atoms with van der Waals surface area (Å²) >= 11 is 11.8. The number of benzene rings is 1. The Bertz CT molecular complexity index is 518. The standard InChI is InChI=1S/C12H12Cl2N2O3/c13-8-2-1-3-9(11(8)14)15-12(19)16(6-10(17)18)7-4-5-7/h1-3,7H,4-6H2,(H,15,19)(H,17,18). The molecule has 5 nitrogen and oxygen atoms in total. The van der Waals surface area contributed by atoms with Crippen molar-refractivity contribution in [3.63, 3.8) is 0 Å². The first-order chi connectivity index (χ1) is 8.99. The molecule has 0 aromatic heterocycles. The minimum Gasteiger partial charge on any atom is -0.480 e. The summed E-state index contributed by atoms with van der Waals surface area (Å²) in [6.45, 7) is -0.325. The number of nitrogens with one attached hydrogen (secondary N) is 1. The van der Waals surface area contributed by atoms with Gasteiger partial charge in [0.15, 0.2) is 0 Å². The van der Waals surface area contributed by atoms with Crippen LogP contribution in [-0.4, -0.2) is 34.6 Å². The molecule has 0 atom stereocenters. The maximum absolute atomic E-state index is 12.0. The van der Waals surface area contributed by atoms with Gasteiger partial charge in [0.05, 0.1) is 15.7 Å². The Morgan fingerprint density at radius 3 is 2.63 bits per heavy atom. The molecule has 1 saturated carbocycles. The fraction of sp³-hybridized carbons (Fsp3) is 0.333. The zero-order valence-electron chi connectivity index (χ0n) is 9.90. The van der Waals surface area contributed by atoms with Crippen LogP contribution in [0.15, 0.2) is 18.2 Å². The van der Waals surface area contributed by atoms with Crippen molar-refractivity contribution in [3.05, 3.63) is 28.2 Å². The molecule has 0 heterocycles. The number of aliphatic carboxylic acids is 1. The second-order valence-corrected chi connectivity index (χ2v) is 5.07. The largest absolute Gasteiger partial charge is 0.480 e. The monoisotopic (exact) mass is 302 g/mol. The normalized spacial score (nSPS) is 14.0. The van der Waals surface area contributed by atoms with Crippen LogP contribution in [-0.2, 0) is 4.79 Å². The molecule has 19 heavy (non-hydrogen) atoms. The van der Waals surface area contributed by atoms with Gasteiger partial charge >= 0.3 is 12.0 Å². The first-order valence-corrected chi connectivity index (χ1v) is 6.48. The first kappa shape index (κ1) is 14.0. The lowest BCUT2D eigenvalue weighted by molar-refractivity contribution is -0.137. The van der Waals surface area contributed by atoms with Crippen molar-refractivity contribution < 1.29 is 14.7 Å². The molecule has 102 valence electrons. The number of hydrogen-bond donors (Lipinski definition) is 2. The number of halogens is 2. The lowest BCUT2D eigenvalue weighted by Gasteiger charge is -2.21. The Hall–Kier alpha value is -1.46. The molecule has 0 aliphatic heterocycles. The highest BCUT2D eigenvalue weighted by Gasteiger charge is 2.34. The van der Waals surface area contributed by atoms with Gasteiger partial charge in [-0.2, -0.15) is 0 Å². The highest BCUT2D eigenvalue weighted by atomic mass is 35.5. The topological polar surface area (TPSA) is 69.6 Å². The summed E-state index contributed by atoms with van der Waals surface area (Å²) in [5.41, 5.74) is 0.371. The van der Waals surface area contributed by atoms with Crippen molar-refractivity contribution in [2.24, 2.45) is 0 Å². The van der Waals surface area contributed by atoms with Crippen molar-refractivity contribution >= 4 is 40.9 Å². The summed E-state index contributed by atoms with van der Waals surface area (Å²) in [5, 5.41) is 12.0. The van der Waals surface area contributed by atoms with Crippen LogP contribution in [0.3, 0.4) is 0 Å². The molecular weight excluding hydrogens is 291 g/mol. The van der Waals surface area contributed by atoms with Crippen LogP contribution < -0.4 is 5.32 Å². The zero-order valence-corrected chi connectivity index (χ0v) is 11.4. The molecule has 1 aliphatic rings. The van der Waals surface area contributed by atoms with E-state index in [0.29, 0.717) is 10.7 Å². The van der Waals surface area contributed by atoms with Crippen LogP contribution >= 0.6 is 23.2 Å². The molecule has 0 unspecified atom stereocenters. The number of carboxylic acids is 1. The number of anilines is 1. The molecule has 1 aromatic carbocycles. The van der Waals surface area contributed by atoms with Gasteiger partial charge in [0, 0.05) is 6.04 Å². The third-order valence-electron chi connectivity index (χ3n) is 2.75. The van der Waals surface area contributed by atoms with Gasteiger partial charge in [-0.15, -0.1) is 0 Å². The average molecular weight is 303 g/mol. The van der Waals surface area contributed by atoms with Crippen LogP contribution in [0.4, 0.5) is 10.5 Å². The van der Waals surface area contributed by atoms with Crippen LogP contribution in [0, 0.1) is 0 Å². The van der Waals surface area contributed by atoms with Crippen molar-refractivity contribution in [2.75, 3.05) is 11.9 Å². The molecule has 7 heteroatoms. The van der Waals surface area contributed by atoms with E-state index < -0.39 is 12.0 Å². The van der Waals surface area contributed by atoms with Crippen LogP contribution in [0.1, 0.15) is 12.8 Å². The molecule has 0 radical (unpaired) electrons. The lowest BCUT2D eigenvalue weighted by atomic mass is 10.3. The summed E-state index contributed by atoms with van der Waals surface area (Å²) in [4.78, 5) is 24.1. The van der Waals surface area contributed by atoms with Gasteiger partial charge in [0.25, 0.3) is 0 Å². The number of amides is 2. The van der Waals surface area contributed by atoms with E-state index in [2.05, 4.69) is 5.32 Å². The molecule has 0 bridgehead atoms. The van der Waals surface area contributed by atoms with E-state index in [1.54, 1.807) is 18.2 Å². The van der Waals surface area contributed by atoms with Gasteiger partial charge < -0.3 is 15.3 Å². The van der Waals surface area contributed by atoms with Gasteiger partial charge in [-0.25, -0.2) is 4.79 Å². The number of nitrogens with zero attached hydrogens (tertiary/aromatic N) is 1. The second-order valence-electron chi connectivity index (χ2n) is 4.28. The first-order valence-electron chi connectivity index (χ1n) is 5.72. The smallest absolute Gasteiger partial charge is 0.323 e. The highest BCUT2D eigenvalue weighted by Crippen LogP contribution is 2.31. The second kappa shape index (κ2) is 5.67. The summed E-state index contributed by atoms with van der Waals surface area (Å²) in [6, 6.07) is 4.39. The van der Waals surface area contributed by atoms with Crippen molar-refractivity contribution in [3.8, 4) is 0 Å². The van der Waals surface area contributed by atoms with E-state index in [4.69, 9.17) is 28.3 Å². The number of rotatable bonds is 4. The van der Waals surface area contributed by atoms with Gasteiger partial charge in [-0.05, 0) is 25.0 Å². The predicted octanol–water partition coefficient (Wildman–Crippen LogP) is 3.07. The van der Waals surface area contributed by atoms with Gasteiger partial charge in [-0.1, -0.05) is 29.3 Å². The Balaban J connectivity index is 2.10. The van der Waals surface area contributed by atoms with Crippen molar-refractivity contribution in [2.45, 2.75) is 18.9 Å². The maximum atomic E-state index is 12.0. The van der Waals surface area contributed by atoms with Gasteiger partial charge in [0.1, 0.15) is 6.54 Å². The number of carbonyl (C=O) groups excluding carboxylic acids is 1. The minimum atomic E-state index is -1.04. The number of carboxylic acid groups (broad SMARTS) is 1. The van der Waals surface area contributed by atoms with Gasteiger partial charge in [0.2, 0.25) is 0 Å². The molecule has 0 saturated heterocycles. The predicted molar refractivity (Wildman–Crippen MR) is 72.8 cm³/mol. The number of urea groups is 1. The van der Waals surface area contributed by atoms with E-state index in [0.717, 1.165) is 12.8 Å². The summed E-state index contributed by atoms with van der Waals surface area (Å²) in [5.74, 6) is -1.04. The Kier molecular flexibility index (Phi) is 4.17. The SMILES string of the molecule is O=C(O)CN(C(=O)Nc1cccc(Cl)c1Cl)C1CC1. The molecule has 2 N–H and O–H groups in total. The number of hydrogen-bond acceptors (Lipinski definition) is 2. The minimum absolute atomic E-state index is 0.00550. The average Bonchev–Trinajstić information content (AvgIpc) is 3.16. The molecule has 1 aliphatic carbocycles. The quantitative estimate of drug-likeness (QED) is 0.898. The third kappa shape index (κ3) is 3.52. The summed E-state index contributed by atoms with van der Waals surface area (Å²) in [7, 11) is 0. The molecule has 2 amide bonds. The fourth-order valence-electron chi connectivity index (χ4n) is 1.69. The summed E-state index contributed by atoms with van der Waals surface area (Å²) in [6.07, 6.45) is 1.65. The van der Waals surface area contributed by atoms with E-state index in [1.807, 2.05) is 0 Å².